The minimum absolute atomic E-state index is 0.720. The number of nitrogens with one attached hydrogen (secondary N) is 1. The third-order valence-electron chi connectivity index (χ3n) is 2.48. The van der Waals surface area contributed by atoms with E-state index in [1.165, 1.54) is 18.5 Å². The number of hydrogen-bond donors (Lipinski definition) is 1. The average Bonchev–Trinajstić information content (AvgIpc) is 2.85. The first kappa shape index (κ1) is 7.59. The molecule has 2 rings (SSSR count). The van der Waals surface area contributed by atoms with Gasteiger partial charge in [0.05, 0.1) is 0 Å². The van der Waals surface area contributed by atoms with Gasteiger partial charge in [0.1, 0.15) is 0 Å². The molecule has 2 atom stereocenters. The molecular weight excluding hydrogens is 148 g/mol. The van der Waals surface area contributed by atoms with Crippen molar-refractivity contribution in [2.24, 2.45) is 5.92 Å². The van der Waals surface area contributed by atoms with Crippen LogP contribution < -0.4 is 5.32 Å². The second-order valence-corrected chi connectivity index (χ2v) is 3.39. The van der Waals surface area contributed by atoms with Crippen molar-refractivity contribution in [3.05, 3.63) is 24.5 Å². The number of nitrogens with zero attached hydrogens (tertiary/aromatic N) is 1. The quantitative estimate of drug-likeness (QED) is 0.737. The van der Waals surface area contributed by atoms with Crippen LogP contribution in [0.15, 0.2) is 24.5 Å². The molecule has 1 aromatic heterocycles. The van der Waals surface area contributed by atoms with Crippen molar-refractivity contribution in [1.29, 1.82) is 0 Å². The molecule has 2 heteroatoms. The van der Waals surface area contributed by atoms with Gasteiger partial charge in [-0.2, -0.15) is 0 Å². The molecule has 1 N–H and O–H groups in total. The van der Waals surface area contributed by atoms with Crippen molar-refractivity contribution < 1.29 is 0 Å². The fourth-order valence-corrected chi connectivity index (χ4v) is 1.54. The Hall–Kier alpha value is -1.05. The molecule has 2 unspecified atom stereocenters. The normalized spacial score (nSPS) is 26.8. The van der Waals surface area contributed by atoms with Crippen molar-refractivity contribution in [3.8, 4) is 0 Å². The van der Waals surface area contributed by atoms with Gasteiger partial charge in [-0.05, 0) is 24.5 Å². The molecular formula is C10H14N2. The van der Waals surface area contributed by atoms with Gasteiger partial charge in [-0.15, -0.1) is 0 Å². The zero-order valence-electron chi connectivity index (χ0n) is 7.33. The predicted octanol–water partition coefficient (Wildman–Crippen LogP) is 2.29. The van der Waals surface area contributed by atoms with E-state index in [4.69, 9.17) is 0 Å². The van der Waals surface area contributed by atoms with Crippen LogP contribution in [0, 0.1) is 5.92 Å². The Balaban J connectivity index is 1.89. The smallest absolute Gasteiger partial charge is 0.0373 e. The van der Waals surface area contributed by atoms with Gasteiger partial charge in [0.2, 0.25) is 0 Å². The van der Waals surface area contributed by atoms with E-state index < -0.39 is 0 Å². The summed E-state index contributed by atoms with van der Waals surface area (Å²) in [6.45, 7) is 2.25. The molecule has 1 aliphatic carbocycles. The predicted molar refractivity (Wildman–Crippen MR) is 50.0 cm³/mol. The Labute approximate surface area is 73.0 Å². The van der Waals surface area contributed by atoms with Crippen LogP contribution in [0.1, 0.15) is 19.8 Å². The zero-order valence-corrected chi connectivity index (χ0v) is 7.33. The lowest BCUT2D eigenvalue weighted by molar-refractivity contribution is 0.775. The van der Waals surface area contributed by atoms with Gasteiger partial charge in [0.25, 0.3) is 0 Å². The monoisotopic (exact) mass is 162 g/mol. The lowest BCUT2D eigenvalue weighted by atomic mass is 10.3. The summed E-state index contributed by atoms with van der Waals surface area (Å²) < 4.78 is 0. The topological polar surface area (TPSA) is 24.9 Å². The number of aromatic nitrogens is 1. The second kappa shape index (κ2) is 3.13. The minimum Gasteiger partial charge on any atom is -0.382 e. The molecule has 12 heavy (non-hydrogen) atoms. The van der Waals surface area contributed by atoms with E-state index in [9.17, 15) is 0 Å². The van der Waals surface area contributed by atoms with Gasteiger partial charge < -0.3 is 5.32 Å². The first-order chi connectivity index (χ1) is 5.90. The molecule has 0 bridgehead atoms. The molecule has 0 aromatic carbocycles. The molecule has 1 saturated carbocycles. The van der Waals surface area contributed by atoms with E-state index in [1.807, 2.05) is 24.5 Å². The summed E-state index contributed by atoms with van der Waals surface area (Å²) in [6, 6.07) is 4.76. The molecule has 0 spiro atoms. The zero-order chi connectivity index (χ0) is 8.39. The van der Waals surface area contributed by atoms with Crippen LogP contribution in [0.5, 0.6) is 0 Å². The van der Waals surface area contributed by atoms with E-state index in [1.54, 1.807) is 0 Å². The van der Waals surface area contributed by atoms with E-state index in [0.717, 1.165) is 12.0 Å². The minimum atomic E-state index is 0.720. The standard InChI is InChI=1S/C10H14N2/c1-2-8-7-10(8)12-9-3-5-11-6-4-9/h3-6,8,10H,2,7H2,1H3,(H,11,12). The second-order valence-electron chi connectivity index (χ2n) is 3.39. The number of rotatable bonds is 3. The van der Waals surface area contributed by atoms with Crippen molar-refractivity contribution in [2.45, 2.75) is 25.8 Å². The molecule has 0 amide bonds. The van der Waals surface area contributed by atoms with Crippen molar-refractivity contribution >= 4 is 5.69 Å². The first-order valence-electron chi connectivity index (χ1n) is 4.56. The Morgan fingerprint density at radius 3 is 2.83 bits per heavy atom. The molecule has 0 saturated heterocycles. The lowest BCUT2D eigenvalue weighted by Crippen LogP contribution is -2.03. The number of anilines is 1. The highest BCUT2D eigenvalue weighted by Gasteiger charge is 2.34. The van der Waals surface area contributed by atoms with E-state index in [2.05, 4.69) is 17.2 Å². The SMILES string of the molecule is CCC1CC1Nc1ccncc1. The van der Waals surface area contributed by atoms with Crippen LogP contribution in [-0.4, -0.2) is 11.0 Å². The molecule has 1 fully saturated rings. The summed E-state index contributed by atoms with van der Waals surface area (Å²) in [5.74, 6) is 0.901. The van der Waals surface area contributed by atoms with Gasteiger partial charge in [-0.3, -0.25) is 4.98 Å². The van der Waals surface area contributed by atoms with E-state index in [-0.39, 0.29) is 0 Å². The maximum Gasteiger partial charge on any atom is 0.0373 e. The van der Waals surface area contributed by atoms with Crippen LogP contribution in [0.2, 0.25) is 0 Å². The van der Waals surface area contributed by atoms with Crippen molar-refractivity contribution in [1.82, 2.24) is 4.98 Å². The molecule has 64 valence electrons. The van der Waals surface area contributed by atoms with Crippen LogP contribution in [-0.2, 0) is 0 Å². The van der Waals surface area contributed by atoms with Gasteiger partial charge >= 0.3 is 0 Å². The number of pyridine rings is 1. The molecule has 1 aromatic rings. The highest BCUT2D eigenvalue weighted by molar-refractivity contribution is 5.43. The maximum absolute atomic E-state index is 3.97. The van der Waals surface area contributed by atoms with Gasteiger partial charge in [-0.25, -0.2) is 0 Å². The Kier molecular flexibility index (Phi) is 1.98. The molecule has 1 aliphatic rings. The Bertz CT molecular complexity index is 245. The fraction of sp³-hybridized carbons (Fsp3) is 0.500. The highest BCUT2D eigenvalue weighted by atomic mass is 15.0. The van der Waals surface area contributed by atoms with Crippen molar-refractivity contribution in [3.63, 3.8) is 0 Å². The largest absolute Gasteiger partial charge is 0.382 e. The van der Waals surface area contributed by atoms with E-state index in [0.29, 0.717) is 0 Å². The molecule has 0 aliphatic heterocycles. The summed E-state index contributed by atoms with van der Waals surface area (Å²) in [7, 11) is 0. The average molecular weight is 162 g/mol. The maximum atomic E-state index is 3.97. The first-order valence-corrected chi connectivity index (χ1v) is 4.56. The number of hydrogen-bond acceptors (Lipinski definition) is 2. The van der Waals surface area contributed by atoms with Crippen LogP contribution in [0.3, 0.4) is 0 Å². The Morgan fingerprint density at radius 1 is 1.50 bits per heavy atom. The van der Waals surface area contributed by atoms with Gasteiger partial charge in [0.15, 0.2) is 0 Å². The van der Waals surface area contributed by atoms with Gasteiger partial charge in [0, 0.05) is 24.1 Å². The molecule has 1 heterocycles. The van der Waals surface area contributed by atoms with Gasteiger partial charge in [-0.1, -0.05) is 13.3 Å². The molecule has 0 radical (unpaired) electrons. The summed E-state index contributed by atoms with van der Waals surface area (Å²) in [5, 5.41) is 3.48. The van der Waals surface area contributed by atoms with Crippen molar-refractivity contribution in [2.75, 3.05) is 5.32 Å². The lowest BCUT2D eigenvalue weighted by Gasteiger charge is -2.03. The third kappa shape index (κ3) is 1.58. The van der Waals surface area contributed by atoms with Crippen LogP contribution >= 0.6 is 0 Å². The van der Waals surface area contributed by atoms with Crippen LogP contribution in [0.4, 0.5) is 5.69 Å². The summed E-state index contributed by atoms with van der Waals surface area (Å²) in [6.07, 6.45) is 6.28. The Morgan fingerprint density at radius 2 is 2.25 bits per heavy atom. The van der Waals surface area contributed by atoms with E-state index >= 15 is 0 Å². The summed E-state index contributed by atoms with van der Waals surface area (Å²) in [5.41, 5.74) is 1.20. The summed E-state index contributed by atoms with van der Waals surface area (Å²) >= 11 is 0. The summed E-state index contributed by atoms with van der Waals surface area (Å²) in [4.78, 5) is 3.97. The highest BCUT2D eigenvalue weighted by Crippen LogP contribution is 2.35. The van der Waals surface area contributed by atoms with Crippen LogP contribution in [0.25, 0.3) is 0 Å². The fourth-order valence-electron chi connectivity index (χ4n) is 1.54. The molecule has 2 nitrogen and oxygen atoms in total. The third-order valence-corrected chi connectivity index (χ3v) is 2.48.